The van der Waals surface area contributed by atoms with Crippen molar-refractivity contribution in [1.29, 1.82) is 0 Å². The second-order valence-electron chi connectivity index (χ2n) is 5.17. The topological polar surface area (TPSA) is 17.8 Å². The Hall–Kier alpha value is -1.57. The first kappa shape index (κ1) is 10.9. The highest BCUT2D eigenvalue weighted by Crippen LogP contribution is 2.28. The quantitative estimate of drug-likeness (QED) is 0.710. The summed E-state index contributed by atoms with van der Waals surface area (Å²) in [5.41, 5.74) is 4.11. The van der Waals surface area contributed by atoms with Crippen molar-refractivity contribution in [3.8, 4) is 5.69 Å². The van der Waals surface area contributed by atoms with Gasteiger partial charge in [-0.2, -0.15) is 0 Å². The van der Waals surface area contributed by atoms with Crippen LogP contribution in [-0.2, 0) is 5.41 Å². The van der Waals surface area contributed by atoms with E-state index in [1.54, 1.807) is 0 Å². The van der Waals surface area contributed by atoms with Gasteiger partial charge in [-0.1, -0.05) is 32.9 Å². The fourth-order valence-electron chi connectivity index (χ4n) is 2.12. The molecule has 1 heterocycles. The van der Waals surface area contributed by atoms with Crippen LogP contribution in [0.25, 0.3) is 5.69 Å². The molecule has 0 aliphatic rings. The summed E-state index contributed by atoms with van der Waals surface area (Å²) in [6, 6.07) is 6.45. The number of imidazole rings is 1. The van der Waals surface area contributed by atoms with Crippen LogP contribution in [0.5, 0.6) is 0 Å². The van der Waals surface area contributed by atoms with E-state index >= 15 is 0 Å². The van der Waals surface area contributed by atoms with Crippen LogP contribution in [0.1, 0.15) is 31.9 Å². The van der Waals surface area contributed by atoms with E-state index in [1.807, 2.05) is 18.7 Å². The van der Waals surface area contributed by atoms with Crippen molar-refractivity contribution < 1.29 is 0 Å². The maximum Gasteiger partial charge on any atom is 0.0991 e. The zero-order valence-corrected chi connectivity index (χ0v) is 10.4. The molecule has 0 amide bonds. The van der Waals surface area contributed by atoms with Gasteiger partial charge in [0.1, 0.15) is 0 Å². The fourth-order valence-corrected chi connectivity index (χ4v) is 2.12. The molecule has 0 fully saturated rings. The lowest BCUT2D eigenvalue weighted by Gasteiger charge is -2.23. The predicted octanol–water partition coefficient (Wildman–Crippen LogP) is 3.48. The molecule has 2 heteroatoms. The highest BCUT2D eigenvalue weighted by molar-refractivity contribution is 5.47. The van der Waals surface area contributed by atoms with Crippen molar-refractivity contribution in [1.82, 2.24) is 9.55 Å². The molecule has 0 unspecified atom stereocenters. The van der Waals surface area contributed by atoms with Crippen LogP contribution in [0.15, 0.2) is 36.9 Å². The number of rotatable bonds is 1. The van der Waals surface area contributed by atoms with E-state index in [1.165, 1.54) is 16.8 Å². The molecule has 0 N–H and O–H groups in total. The molecule has 1 aromatic carbocycles. The van der Waals surface area contributed by atoms with Crippen LogP contribution >= 0.6 is 0 Å². The van der Waals surface area contributed by atoms with Crippen LogP contribution < -0.4 is 0 Å². The van der Waals surface area contributed by atoms with E-state index in [4.69, 9.17) is 0 Å². The molecule has 0 aliphatic carbocycles. The van der Waals surface area contributed by atoms with E-state index < -0.39 is 0 Å². The van der Waals surface area contributed by atoms with Gasteiger partial charge >= 0.3 is 0 Å². The standard InChI is InChI=1S/C14H18N2/c1-11-12(14(2,3)4)6-5-7-13(11)16-9-8-15-10-16/h5-10H,1-4H3. The number of nitrogens with zero attached hydrogens (tertiary/aromatic N) is 2. The van der Waals surface area contributed by atoms with E-state index in [0.717, 1.165) is 0 Å². The Morgan fingerprint density at radius 1 is 1.19 bits per heavy atom. The van der Waals surface area contributed by atoms with Crippen molar-refractivity contribution in [3.05, 3.63) is 48.0 Å². The molecule has 84 valence electrons. The third-order valence-electron chi connectivity index (χ3n) is 2.90. The fraction of sp³-hybridized carbons (Fsp3) is 0.357. The molecule has 16 heavy (non-hydrogen) atoms. The summed E-state index contributed by atoms with van der Waals surface area (Å²) >= 11 is 0. The zero-order chi connectivity index (χ0) is 11.8. The SMILES string of the molecule is Cc1c(-n2ccnc2)cccc1C(C)(C)C. The van der Waals surface area contributed by atoms with Crippen LogP contribution in [-0.4, -0.2) is 9.55 Å². The number of benzene rings is 1. The first-order chi connectivity index (χ1) is 7.50. The van der Waals surface area contributed by atoms with Crippen LogP contribution in [0.4, 0.5) is 0 Å². The maximum absolute atomic E-state index is 4.09. The van der Waals surface area contributed by atoms with Crippen molar-refractivity contribution in [2.75, 3.05) is 0 Å². The Bertz CT molecular complexity index is 476. The van der Waals surface area contributed by atoms with E-state index in [-0.39, 0.29) is 5.41 Å². The highest BCUT2D eigenvalue weighted by atomic mass is 15.0. The van der Waals surface area contributed by atoms with Crippen LogP contribution in [0.3, 0.4) is 0 Å². The molecule has 2 aromatic rings. The predicted molar refractivity (Wildman–Crippen MR) is 67.0 cm³/mol. The van der Waals surface area contributed by atoms with Crippen molar-refractivity contribution in [2.45, 2.75) is 33.1 Å². The summed E-state index contributed by atoms with van der Waals surface area (Å²) in [5.74, 6) is 0. The summed E-state index contributed by atoms with van der Waals surface area (Å²) in [6.45, 7) is 8.91. The minimum Gasteiger partial charge on any atom is -0.306 e. The van der Waals surface area contributed by atoms with Gasteiger partial charge in [0.05, 0.1) is 6.33 Å². The Morgan fingerprint density at radius 2 is 1.94 bits per heavy atom. The van der Waals surface area contributed by atoms with Gasteiger partial charge in [0.15, 0.2) is 0 Å². The molecular formula is C14H18N2. The lowest BCUT2D eigenvalue weighted by atomic mass is 9.83. The molecule has 0 atom stereocenters. The molecule has 2 nitrogen and oxygen atoms in total. The molecule has 0 radical (unpaired) electrons. The maximum atomic E-state index is 4.09. The Morgan fingerprint density at radius 3 is 2.50 bits per heavy atom. The Kier molecular flexibility index (Phi) is 2.58. The number of aromatic nitrogens is 2. The van der Waals surface area contributed by atoms with Gasteiger partial charge in [-0.25, -0.2) is 4.98 Å². The lowest BCUT2D eigenvalue weighted by Crippen LogP contribution is -2.14. The summed E-state index contributed by atoms with van der Waals surface area (Å²) in [5, 5.41) is 0. The van der Waals surface area contributed by atoms with E-state index in [9.17, 15) is 0 Å². The number of hydrogen-bond donors (Lipinski definition) is 0. The smallest absolute Gasteiger partial charge is 0.0991 e. The third kappa shape index (κ3) is 1.87. The van der Waals surface area contributed by atoms with Gasteiger partial charge in [0.25, 0.3) is 0 Å². The summed E-state index contributed by atoms with van der Waals surface area (Å²) < 4.78 is 2.06. The highest BCUT2D eigenvalue weighted by Gasteiger charge is 2.17. The van der Waals surface area contributed by atoms with Gasteiger partial charge in [-0.3, -0.25) is 0 Å². The lowest BCUT2D eigenvalue weighted by molar-refractivity contribution is 0.585. The van der Waals surface area contributed by atoms with Crippen molar-refractivity contribution in [2.24, 2.45) is 0 Å². The largest absolute Gasteiger partial charge is 0.306 e. The molecule has 0 saturated heterocycles. The van der Waals surface area contributed by atoms with Crippen LogP contribution in [0, 0.1) is 6.92 Å². The molecule has 0 aliphatic heterocycles. The second kappa shape index (κ2) is 3.78. The summed E-state index contributed by atoms with van der Waals surface area (Å²) in [4.78, 5) is 4.09. The van der Waals surface area contributed by atoms with Crippen LogP contribution in [0.2, 0.25) is 0 Å². The zero-order valence-electron chi connectivity index (χ0n) is 10.4. The van der Waals surface area contributed by atoms with E-state index in [0.29, 0.717) is 0 Å². The molecular weight excluding hydrogens is 196 g/mol. The average Bonchev–Trinajstić information content (AvgIpc) is 2.69. The summed E-state index contributed by atoms with van der Waals surface area (Å²) in [6.07, 6.45) is 5.63. The number of hydrogen-bond acceptors (Lipinski definition) is 1. The second-order valence-corrected chi connectivity index (χ2v) is 5.17. The first-order valence-corrected chi connectivity index (χ1v) is 5.58. The molecule has 0 bridgehead atoms. The van der Waals surface area contributed by atoms with Gasteiger partial charge in [0.2, 0.25) is 0 Å². The summed E-state index contributed by atoms with van der Waals surface area (Å²) in [7, 11) is 0. The molecule has 1 aromatic heterocycles. The Labute approximate surface area is 97.0 Å². The van der Waals surface area contributed by atoms with Crippen molar-refractivity contribution >= 4 is 0 Å². The van der Waals surface area contributed by atoms with Crippen molar-refractivity contribution in [3.63, 3.8) is 0 Å². The monoisotopic (exact) mass is 214 g/mol. The minimum absolute atomic E-state index is 0.181. The van der Waals surface area contributed by atoms with Gasteiger partial charge in [-0.05, 0) is 29.5 Å². The first-order valence-electron chi connectivity index (χ1n) is 5.58. The normalized spacial score (nSPS) is 11.8. The average molecular weight is 214 g/mol. The third-order valence-corrected chi connectivity index (χ3v) is 2.90. The van der Waals surface area contributed by atoms with Gasteiger partial charge < -0.3 is 4.57 Å². The molecule has 2 rings (SSSR count). The van der Waals surface area contributed by atoms with Gasteiger partial charge in [0, 0.05) is 18.1 Å². The van der Waals surface area contributed by atoms with Gasteiger partial charge in [-0.15, -0.1) is 0 Å². The minimum atomic E-state index is 0.181. The van der Waals surface area contributed by atoms with E-state index in [2.05, 4.69) is 55.4 Å². The molecule has 0 saturated carbocycles. The molecule has 0 spiro atoms. The Balaban J connectivity index is 2.58.